The van der Waals surface area contributed by atoms with Crippen molar-refractivity contribution >= 4 is 100 Å². The third kappa shape index (κ3) is 33.6. The van der Waals surface area contributed by atoms with Gasteiger partial charge in [0.1, 0.15) is 23.9 Å². The molecule has 5 fully saturated rings. The van der Waals surface area contributed by atoms with Crippen LogP contribution in [-0.4, -0.2) is 255 Å². The number of nitrogens with one attached hydrogen (secondary N) is 14. The summed E-state index contributed by atoms with van der Waals surface area (Å²) in [6.45, 7) is 9.98. The van der Waals surface area contributed by atoms with Gasteiger partial charge in [0, 0.05) is 160 Å². The number of imide groups is 1. The molecule has 5 aliphatic heterocycles. The molecule has 7 rings (SSSR count). The van der Waals surface area contributed by atoms with Crippen LogP contribution in [0.1, 0.15) is 134 Å². The van der Waals surface area contributed by atoms with E-state index >= 15 is 0 Å². The van der Waals surface area contributed by atoms with Gasteiger partial charge in [0.05, 0.1) is 35.8 Å². The van der Waals surface area contributed by atoms with Crippen LogP contribution in [-0.2, 0) is 80.0 Å². The lowest BCUT2D eigenvalue weighted by atomic mass is 9.90. The van der Waals surface area contributed by atoms with E-state index in [4.69, 9.17) is 17.2 Å². The number of likely N-dealkylation sites (tertiary alicyclic amines) is 1. The monoisotopic (exact) mass is 1560 g/mol. The van der Waals surface area contributed by atoms with E-state index in [2.05, 4.69) is 86.4 Å². The number of fused-ring (bicyclic) bond motifs is 15. The summed E-state index contributed by atoms with van der Waals surface area (Å²) in [5, 5.41) is 61.5. The number of aromatic hydroxyl groups is 1. The number of carbonyl (C=O) groups excluding carboxylic acids is 13. The molecule has 110 heavy (non-hydrogen) atoms. The number of nitrogens with two attached hydrogens (primary N) is 3. The number of ketones is 2. The first-order chi connectivity index (χ1) is 52.7. The van der Waals surface area contributed by atoms with Crippen LogP contribution in [0.5, 0.6) is 5.75 Å². The highest BCUT2D eigenvalue weighted by molar-refractivity contribution is 8.00. The highest BCUT2D eigenvalue weighted by Crippen LogP contribution is 2.27. The minimum absolute atomic E-state index is 0.00319. The fraction of sp³-hybridized carbons (Fsp3) is 0.635. The molecule has 608 valence electrons. The zero-order chi connectivity index (χ0) is 79.9. The summed E-state index contributed by atoms with van der Waals surface area (Å²) in [6.07, 6.45) is 1.49. The van der Waals surface area contributed by atoms with Crippen molar-refractivity contribution in [1.29, 1.82) is 0 Å². The number of thioether (sulfide) groups is 1. The van der Waals surface area contributed by atoms with E-state index in [1.807, 2.05) is 0 Å². The van der Waals surface area contributed by atoms with E-state index in [0.29, 0.717) is 70.5 Å². The first-order valence-corrected chi connectivity index (χ1v) is 39.2. The first-order valence-electron chi connectivity index (χ1n) is 38.2. The molecule has 2 unspecified atom stereocenters. The SMILES string of the molecule is CC12CNCCNCC(NC(=O)CCCC(=O)N[C@@H](Cc3ccc(O)cc3)C(=O)CCCCCCC(=O)N[C@@H](CSC3CC(=O)N(CCC(=O)NCCCCC4CC(=O)[C@@H](Cc5ccccc5)NC(=O)[C@@H](CC(=O)O)NC(=O)CNC(=O)[C@H](CCCN=C(N)N)NC4=O)C3=O)C(N)=O)(CNCCNC1)CNCCNC2. The van der Waals surface area contributed by atoms with Gasteiger partial charge < -0.3 is 102 Å². The number of guanidine groups is 1. The third-order valence-electron chi connectivity index (χ3n) is 19.4. The van der Waals surface area contributed by atoms with Crippen LogP contribution in [0.15, 0.2) is 59.6 Å². The summed E-state index contributed by atoms with van der Waals surface area (Å²) in [5.41, 5.74) is 17.3. The Morgan fingerprint density at radius 1 is 0.600 bits per heavy atom. The summed E-state index contributed by atoms with van der Waals surface area (Å²) in [6, 6.07) is 8.69. The number of phenolic OH excluding ortho intramolecular Hbond substituents is 1. The summed E-state index contributed by atoms with van der Waals surface area (Å²) >= 11 is 0.964. The van der Waals surface area contributed by atoms with Gasteiger partial charge in [-0.25, -0.2) is 0 Å². The number of aliphatic imine (C=N–C) groups is 1. The van der Waals surface area contributed by atoms with Crippen LogP contribution in [0.25, 0.3) is 0 Å². The number of carboxylic acid groups (broad SMARTS) is 1. The van der Waals surface area contributed by atoms with Gasteiger partial charge in [-0.15, -0.1) is 11.8 Å². The molecular weight excluding hydrogens is 1440 g/mol. The van der Waals surface area contributed by atoms with E-state index in [-0.39, 0.29) is 150 Å². The van der Waals surface area contributed by atoms with Crippen molar-refractivity contribution in [1.82, 2.24) is 79.3 Å². The smallest absolute Gasteiger partial charge is 0.305 e. The third-order valence-corrected chi connectivity index (χ3v) is 20.7. The molecule has 2 aromatic carbocycles. The predicted molar refractivity (Wildman–Crippen MR) is 411 cm³/mol. The number of hydrogen-bond acceptors (Lipinski definition) is 23. The topological polar surface area (TPSA) is 542 Å². The standard InChI is InChI=1S/C74H115N19O16S/c1-73-42-78-28-31-81-45-74(46-82-32-29-79-43-73,47-83-33-30-80-44-73)92-63(100)20-11-19-62(99)87-53(36-49-21-23-51(94)24-22-49)57(95)17-7-2-3-8-18-61(98)89-56(67(75)105)41-110-59-39-65(102)93(71(59)109)34-25-60(97)84-26-10-9-15-50-37-58(96)54(35-48-13-5-4-6-14-48)91-70(108)55(38-66(103)104)88-64(101)40-86-69(107)52(90-68(50)106)16-12-27-85-72(76)77/h4-6,13-14,21-24,50,52-56,59,78-83,94H,2-3,7-12,15-20,25-47H2,1H3,(H2,75,105)(H,84,97)(H,86,107)(H,87,99)(H,88,101)(H,89,98)(H,90,106)(H,91,108)(H,92,100)(H,103,104)(H4,76,77,85)/t50?,52-,53-,54+,55+,56-,59?,73?,74?/m0/s1. The molecular formula is C74H115N19O16S. The molecule has 5 heterocycles. The molecule has 0 radical (unpaired) electrons. The minimum atomic E-state index is -1.64. The second-order valence-electron chi connectivity index (χ2n) is 29.0. The molecule has 36 heteroatoms. The van der Waals surface area contributed by atoms with Crippen LogP contribution in [0.2, 0.25) is 0 Å². The van der Waals surface area contributed by atoms with Gasteiger partial charge in [0.15, 0.2) is 17.5 Å². The summed E-state index contributed by atoms with van der Waals surface area (Å²) in [4.78, 5) is 192. The Hall–Kier alpha value is -9.20. The van der Waals surface area contributed by atoms with Crippen molar-refractivity contribution < 1.29 is 77.3 Å². The van der Waals surface area contributed by atoms with Crippen LogP contribution < -0.4 is 91.6 Å². The number of amides is 11. The van der Waals surface area contributed by atoms with Crippen LogP contribution in [0.3, 0.4) is 0 Å². The minimum Gasteiger partial charge on any atom is -0.508 e. The molecule has 7 atom stereocenters. The molecule has 35 nitrogen and oxygen atoms in total. The van der Waals surface area contributed by atoms with E-state index in [1.54, 1.807) is 42.5 Å². The van der Waals surface area contributed by atoms with E-state index in [1.165, 1.54) is 12.1 Å². The number of phenols is 1. The maximum atomic E-state index is 14.3. The number of rotatable bonds is 37. The number of unbranched alkanes of at least 4 members (excludes halogenated alkanes) is 4. The van der Waals surface area contributed by atoms with E-state index in [0.717, 1.165) is 61.5 Å². The highest BCUT2D eigenvalue weighted by Gasteiger charge is 2.41. The maximum absolute atomic E-state index is 14.3. The Morgan fingerprint density at radius 2 is 1.19 bits per heavy atom. The average Bonchev–Trinajstić information content (AvgIpc) is 1.76. The van der Waals surface area contributed by atoms with Crippen molar-refractivity contribution in [3.63, 3.8) is 0 Å². The van der Waals surface area contributed by atoms with Gasteiger partial charge in [-0.3, -0.25) is 77.0 Å². The molecule has 0 aromatic heterocycles. The molecule has 0 spiro atoms. The van der Waals surface area contributed by atoms with Crippen LogP contribution >= 0.6 is 11.8 Å². The van der Waals surface area contributed by atoms with Crippen LogP contribution in [0, 0.1) is 11.3 Å². The number of primary amides is 1. The van der Waals surface area contributed by atoms with Crippen molar-refractivity contribution in [3.8, 4) is 5.75 Å². The van der Waals surface area contributed by atoms with Crippen molar-refractivity contribution in [2.24, 2.45) is 33.5 Å². The van der Waals surface area contributed by atoms with E-state index in [9.17, 15) is 77.3 Å². The van der Waals surface area contributed by atoms with Crippen molar-refractivity contribution in [2.75, 3.05) is 110 Å². The Balaban J connectivity index is 0.920. The number of aliphatic carboxylic acids is 1. The largest absolute Gasteiger partial charge is 0.508 e. The fourth-order valence-corrected chi connectivity index (χ4v) is 14.5. The second-order valence-corrected chi connectivity index (χ2v) is 30.3. The zero-order valence-corrected chi connectivity index (χ0v) is 63.9. The van der Waals surface area contributed by atoms with Gasteiger partial charge in [-0.1, -0.05) is 68.7 Å². The lowest BCUT2D eigenvalue weighted by molar-refractivity contribution is -0.141. The summed E-state index contributed by atoms with van der Waals surface area (Å²) in [5.74, 6) is -10.6. The van der Waals surface area contributed by atoms with Crippen LogP contribution in [0.4, 0.5) is 0 Å². The zero-order valence-electron chi connectivity index (χ0n) is 63.0. The molecule has 11 amide bonds. The maximum Gasteiger partial charge on any atom is 0.305 e. The number of benzene rings is 2. The number of hydrogen-bond donors (Lipinski definition) is 19. The Kier molecular flexibility index (Phi) is 39.0. The normalized spacial score (nSPS) is 22.9. The number of nitrogens with zero attached hydrogens (tertiary/aromatic N) is 2. The molecule has 5 saturated heterocycles. The Morgan fingerprint density at radius 3 is 1.81 bits per heavy atom. The number of carboxylic acids is 1. The highest BCUT2D eigenvalue weighted by atomic mass is 32.2. The molecule has 5 aliphatic rings. The first kappa shape index (κ1) is 89.7. The molecule has 22 N–H and O–H groups in total. The quantitative estimate of drug-likeness (QED) is 0.0134. The fourth-order valence-electron chi connectivity index (χ4n) is 13.2. The summed E-state index contributed by atoms with van der Waals surface area (Å²) < 4.78 is 0. The number of carbonyl (C=O) groups is 14. The van der Waals surface area contributed by atoms with Crippen molar-refractivity contribution in [2.45, 2.75) is 176 Å². The lowest BCUT2D eigenvalue weighted by Crippen LogP contribution is -2.66. The Labute approximate surface area is 645 Å². The van der Waals surface area contributed by atoms with Gasteiger partial charge in [0.2, 0.25) is 65.0 Å². The molecule has 2 bridgehead atoms. The molecule has 0 aliphatic carbocycles. The van der Waals surface area contributed by atoms with E-state index < -0.39 is 131 Å². The van der Waals surface area contributed by atoms with Crippen molar-refractivity contribution in [3.05, 3.63) is 65.7 Å². The second kappa shape index (κ2) is 47.8. The molecule has 0 saturated carbocycles. The summed E-state index contributed by atoms with van der Waals surface area (Å²) in [7, 11) is 0. The van der Waals surface area contributed by atoms with Gasteiger partial charge in [-0.2, -0.15) is 0 Å². The Bertz CT molecular complexity index is 3400. The number of Topliss-reactive ketones (excluding diaryl/α,β-unsaturated/α-hetero) is 2. The molecule has 2 aromatic rings. The van der Waals surface area contributed by atoms with Gasteiger partial charge in [-0.05, 0) is 81.0 Å². The predicted octanol–water partition coefficient (Wildman–Crippen LogP) is -3.64. The average molecular weight is 1560 g/mol. The lowest BCUT2D eigenvalue weighted by Gasteiger charge is -2.37. The van der Waals surface area contributed by atoms with Gasteiger partial charge >= 0.3 is 5.97 Å². The van der Waals surface area contributed by atoms with Gasteiger partial charge in [0.25, 0.3) is 0 Å².